The third kappa shape index (κ3) is 11.7. The molecule has 3 aliphatic rings. The predicted molar refractivity (Wildman–Crippen MR) is 218 cm³/mol. The van der Waals surface area contributed by atoms with E-state index >= 15 is 0 Å². The molecule has 1 aromatic heterocycles. The number of halogens is 3. The second-order valence-electron chi connectivity index (χ2n) is 15.7. The lowest BCUT2D eigenvalue weighted by atomic mass is 9.95. The van der Waals surface area contributed by atoms with E-state index in [0.717, 1.165) is 23.5 Å². The molecule has 3 amide bonds. The van der Waals surface area contributed by atoms with Gasteiger partial charge in [0.1, 0.15) is 60.3 Å². The Labute approximate surface area is 363 Å². The number of hydrogen-bond acceptors (Lipinski definition) is 16. The lowest BCUT2D eigenvalue weighted by molar-refractivity contribution is -0.274. The number of carbonyl (C=O) groups excluding carboxylic acids is 2. The maximum Gasteiger partial charge on any atom is 0.573 e. The van der Waals surface area contributed by atoms with E-state index in [1.807, 2.05) is 29.2 Å². The van der Waals surface area contributed by atoms with Crippen LogP contribution < -0.4 is 47.7 Å². The number of aliphatic hydroxyl groups excluding tert-OH is 3. The van der Waals surface area contributed by atoms with Gasteiger partial charge in [0.2, 0.25) is 5.91 Å². The molecule has 0 radical (unpaired) electrons. The van der Waals surface area contributed by atoms with Gasteiger partial charge in [-0.3, -0.25) is 24.0 Å². The molecule has 3 aromatic rings. The van der Waals surface area contributed by atoms with Gasteiger partial charge in [-0.05, 0) is 55.4 Å². The van der Waals surface area contributed by atoms with E-state index in [-0.39, 0.29) is 44.5 Å². The number of aromatic amines is 1. The number of urea groups is 1. The van der Waals surface area contributed by atoms with Crippen LogP contribution in [0.15, 0.2) is 70.4 Å². The summed E-state index contributed by atoms with van der Waals surface area (Å²) in [5.74, 6) is -0.851. The highest BCUT2D eigenvalue weighted by Crippen LogP contribution is 2.35. The van der Waals surface area contributed by atoms with Gasteiger partial charge in [-0.15, -0.1) is 13.2 Å². The molecular formula is C40H53F3N8O13. The minimum absolute atomic E-state index is 0.0983. The smallest absolute Gasteiger partial charge is 0.490 e. The lowest BCUT2D eigenvalue weighted by Gasteiger charge is -2.38. The zero-order valence-corrected chi connectivity index (χ0v) is 34.6. The van der Waals surface area contributed by atoms with Gasteiger partial charge in [0.15, 0.2) is 12.0 Å². The van der Waals surface area contributed by atoms with Crippen molar-refractivity contribution in [2.24, 2.45) is 11.5 Å². The second kappa shape index (κ2) is 20.7. The summed E-state index contributed by atoms with van der Waals surface area (Å²) in [4.78, 5) is 55.7. The van der Waals surface area contributed by atoms with Crippen molar-refractivity contribution in [2.45, 2.75) is 93.0 Å². The standard InChI is InChI=1S/C40H53F3N8O13/c1-49(29(35(45)56)32(63-36-31(54)30(53)27(19-44)62-36)33-34(55)39(59,21-60-33)51-18-13-28(52)48-38(51)58)15-2-14-46-37(57)47-20-22-3-5-23(6-4-22)50-16-11-25(12-17-50)61-24-7-9-26(10-8-24)64-40(41,42)43/h3-10,13,18,25,27,29-34,36,53-55,59H,2,11-12,14-17,19-21,44H2,1H3,(H2,45,56)(H2,46,47,57)(H,48,52,58). The molecule has 0 saturated carbocycles. The Kier molecular flexibility index (Phi) is 15.6. The number of aliphatic hydroxyl groups is 4. The van der Waals surface area contributed by atoms with Crippen LogP contribution in [-0.2, 0) is 31.3 Å². The zero-order valence-electron chi connectivity index (χ0n) is 34.6. The van der Waals surface area contributed by atoms with Gasteiger partial charge in [0, 0.05) is 70.1 Å². The third-order valence-corrected chi connectivity index (χ3v) is 11.3. The van der Waals surface area contributed by atoms with Crippen LogP contribution in [0.2, 0.25) is 0 Å². The van der Waals surface area contributed by atoms with E-state index in [1.54, 1.807) is 0 Å². The quantitative estimate of drug-likeness (QED) is 0.0647. The number of nitrogens with one attached hydrogen (secondary N) is 3. The Morgan fingerprint density at radius 3 is 2.30 bits per heavy atom. The molecule has 9 atom stereocenters. The van der Waals surface area contributed by atoms with Gasteiger partial charge < -0.3 is 71.1 Å². The summed E-state index contributed by atoms with van der Waals surface area (Å²) in [7, 11) is 1.50. The molecule has 21 nitrogen and oxygen atoms in total. The topological polar surface area (TPSA) is 299 Å². The number of nitrogens with two attached hydrogens (primary N) is 2. The maximum absolute atomic E-state index is 13.1. The molecule has 3 fully saturated rings. The van der Waals surface area contributed by atoms with E-state index in [2.05, 4.69) is 20.3 Å². The van der Waals surface area contributed by atoms with E-state index in [1.165, 1.54) is 36.2 Å². The van der Waals surface area contributed by atoms with Gasteiger partial charge >= 0.3 is 18.1 Å². The molecule has 24 heteroatoms. The van der Waals surface area contributed by atoms with Crippen LogP contribution >= 0.6 is 0 Å². The first-order valence-corrected chi connectivity index (χ1v) is 20.5. The molecule has 352 valence electrons. The highest BCUT2D eigenvalue weighted by atomic mass is 19.4. The summed E-state index contributed by atoms with van der Waals surface area (Å²) in [6.45, 7) is 0.924. The number of rotatable bonds is 18. The number of piperidine rings is 1. The first-order chi connectivity index (χ1) is 30.4. The second-order valence-corrected chi connectivity index (χ2v) is 15.7. The van der Waals surface area contributed by atoms with E-state index in [4.69, 9.17) is 30.4 Å². The van der Waals surface area contributed by atoms with Crippen molar-refractivity contribution in [3.63, 3.8) is 0 Å². The van der Waals surface area contributed by atoms with Gasteiger partial charge in [-0.2, -0.15) is 0 Å². The fourth-order valence-electron chi connectivity index (χ4n) is 7.89. The fraction of sp³-hybridized carbons (Fsp3) is 0.550. The van der Waals surface area contributed by atoms with E-state index in [9.17, 15) is 52.8 Å². The van der Waals surface area contributed by atoms with E-state index in [0.29, 0.717) is 36.2 Å². The first kappa shape index (κ1) is 48.2. The van der Waals surface area contributed by atoms with Crippen LogP contribution in [0.4, 0.5) is 23.7 Å². The van der Waals surface area contributed by atoms with Crippen LogP contribution in [0.25, 0.3) is 0 Å². The largest absolute Gasteiger partial charge is 0.573 e. The number of H-pyrrole nitrogens is 1. The predicted octanol–water partition coefficient (Wildman–Crippen LogP) is -1.65. The maximum atomic E-state index is 13.1. The Bertz CT molecular complexity index is 2140. The first-order valence-electron chi connectivity index (χ1n) is 20.5. The normalized spacial score (nSPS) is 26.1. The number of carbonyl (C=O) groups is 2. The number of benzene rings is 2. The van der Waals surface area contributed by atoms with Crippen LogP contribution in [0.3, 0.4) is 0 Å². The van der Waals surface area contributed by atoms with Gasteiger partial charge in [0.05, 0.1) is 6.61 Å². The number of anilines is 1. The molecule has 3 aliphatic heterocycles. The minimum atomic E-state index is -4.77. The molecule has 0 aliphatic carbocycles. The monoisotopic (exact) mass is 910 g/mol. The minimum Gasteiger partial charge on any atom is -0.490 e. The van der Waals surface area contributed by atoms with Gasteiger partial charge in [-0.1, -0.05) is 12.1 Å². The summed E-state index contributed by atoms with van der Waals surface area (Å²) in [6.07, 6.45) is -13.2. The molecule has 9 unspecified atom stereocenters. The van der Waals surface area contributed by atoms with E-state index < -0.39 is 90.8 Å². The van der Waals surface area contributed by atoms with Crippen LogP contribution in [0, 0.1) is 0 Å². The van der Waals surface area contributed by atoms with Crippen molar-refractivity contribution in [1.29, 1.82) is 0 Å². The lowest BCUT2D eigenvalue weighted by Crippen LogP contribution is -2.61. The molecule has 4 heterocycles. The average Bonchev–Trinajstić information content (AvgIpc) is 3.70. The molecule has 64 heavy (non-hydrogen) atoms. The van der Waals surface area contributed by atoms with Gasteiger partial charge in [0.25, 0.3) is 5.56 Å². The highest BCUT2D eigenvalue weighted by Gasteiger charge is 2.57. The molecule has 3 saturated heterocycles. The van der Waals surface area contributed by atoms with Crippen molar-refractivity contribution in [3.8, 4) is 11.5 Å². The Morgan fingerprint density at radius 1 is 1.02 bits per heavy atom. The Balaban J connectivity index is 0.980. The number of primary amides is 1. The number of amides is 3. The molecule has 6 rings (SSSR count). The number of likely N-dealkylation sites (N-methyl/N-ethyl adjacent to an activating group) is 1. The summed E-state index contributed by atoms with van der Waals surface area (Å²) >= 11 is 0. The molecule has 0 bridgehead atoms. The Morgan fingerprint density at radius 2 is 1.69 bits per heavy atom. The van der Waals surface area contributed by atoms with Crippen LogP contribution in [0.1, 0.15) is 24.8 Å². The van der Waals surface area contributed by atoms with Gasteiger partial charge in [-0.25, -0.2) is 9.59 Å². The third-order valence-electron chi connectivity index (χ3n) is 11.3. The summed E-state index contributed by atoms with van der Waals surface area (Å²) in [5, 5.41) is 49.6. The van der Waals surface area contributed by atoms with Crippen molar-refractivity contribution in [2.75, 3.05) is 51.3 Å². The van der Waals surface area contributed by atoms with Crippen LogP contribution in [-0.4, -0.2) is 155 Å². The number of ether oxygens (including phenoxy) is 5. The summed E-state index contributed by atoms with van der Waals surface area (Å²) in [5.41, 5.74) is 9.05. The van der Waals surface area contributed by atoms with Crippen molar-refractivity contribution >= 4 is 17.6 Å². The van der Waals surface area contributed by atoms with Crippen molar-refractivity contribution < 1.29 is 66.9 Å². The number of alkyl halides is 3. The SMILES string of the molecule is CN(CCCNC(=O)NCc1ccc(N2CCC(Oc3ccc(OC(F)(F)F)cc3)CC2)cc1)C(C(N)=O)C(OC1OC(CN)C(O)C1O)C1OCC(O)(n2ccc(=O)[nH]c2=O)C1O. The fourth-order valence-corrected chi connectivity index (χ4v) is 7.89. The summed E-state index contributed by atoms with van der Waals surface area (Å²) in [6, 6.07) is 12.0. The number of nitrogens with zero attached hydrogens (tertiary/aromatic N) is 3. The average molecular weight is 911 g/mol. The van der Waals surface area contributed by atoms with Crippen molar-refractivity contribution in [3.05, 3.63) is 87.2 Å². The molecular weight excluding hydrogens is 857 g/mol. The van der Waals surface area contributed by atoms with Crippen LogP contribution in [0.5, 0.6) is 11.5 Å². The highest BCUT2D eigenvalue weighted by molar-refractivity contribution is 5.80. The molecule has 11 N–H and O–H groups in total. The van der Waals surface area contributed by atoms with Crippen molar-refractivity contribution in [1.82, 2.24) is 25.1 Å². The zero-order chi connectivity index (χ0) is 46.3. The summed E-state index contributed by atoms with van der Waals surface area (Å²) < 4.78 is 65.2. The Hall–Kier alpha value is -5.31. The molecule has 0 spiro atoms. The molecule has 2 aromatic carbocycles. The number of hydrogen-bond donors (Lipinski definition) is 9. The number of aromatic nitrogens is 2.